The van der Waals surface area contributed by atoms with E-state index in [0.717, 1.165) is 12.1 Å². The second-order valence-corrected chi connectivity index (χ2v) is 5.09. The number of hydrogen-bond donors (Lipinski definition) is 4. The Labute approximate surface area is 122 Å². The van der Waals surface area contributed by atoms with Crippen molar-refractivity contribution in [2.75, 3.05) is 19.7 Å². The van der Waals surface area contributed by atoms with E-state index < -0.39 is 12.1 Å². The van der Waals surface area contributed by atoms with Gasteiger partial charge in [-0.1, -0.05) is 0 Å². The SMILES string of the molecule is N[C@@H](Cc1cnc[nH]1)C(=O)N1CCC[C@H]1C(=O)NCCO. The minimum Gasteiger partial charge on any atom is -0.395 e. The third-order valence-corrected chi connectivity index (χ3v) is 3.56. The Bertz CT molecular complexity index is 476. The van der Waals surface area contributed by atoms with Crippen molar-refractivity contribution >= 4 is 11.8 Å². The summed E-state index contributed by atoms with van der Waals surface area (Å²) >= 11 is 0. The smallest absolute Gasteiger partial charge is 0.242 e. The number of carbonyl (C=O) groups is 2. The van der Waals surface area contributed by atoms with Gasteiger partial charge in [0.15, 0.2) is 0 Å². The first-order valence-corrected chi connectivity index (χ1v) is 7.05. The number of nitrogens with two attached hydrogens (primary N) is 1. The number of aliphatic hydroxyl groups is 1. The number of aromatic nitrogens is 2. The predicted molar refractivity (Wildman–Crippen MR) is 75.1 cm³/mol. The number of nitrogens with one attached hydrogen (secondary N) is 2. The number of carbonyl (C=O) groups excluding carboxylic acids is 2. The van der Waals surface area contributed by atoms with Crippen molar-refractivity contribution in [2.24, 2.45) is 5.73 Å². The summed E-state index contributed by atoms with van der Waals surface area (Å²) in [5, 5.41) is 11.3. The highest BCUT2D eigenvalue weighted by molar-refractivity contribution is 5.90. The van der Waals surface area contributed by atoms with E-state index in [2.05, 4.69) is 15.3 Å². The molecule has 1 aromatic rings. The lowest BCUT2D eigenvalue weighted by atomic mass is 10.1. The molecule has 0 aromatic carbocycles. The Morgan fingerprint density at radius 1 is 1.62 bits per heavy atom. The van der Waals surface area contributed by atoms with E-state index in [1.54, 1.807) is 6.20 Å². The quantitative estimate of drug-likeness (QED) is 0.502. The lowest BCUT2D eigenvalue weighted by Crippen LogP contribution is -2.52. The molecule has 2 atom stereocenters. The van der Waals surface area contributed by atoms with Crippen molar-refractivity contribution in [3.05, 3.63) is 18.2 Å². The van der Waals surface area contributed by atoms with Crippen LogP contribution >= 0.6 is 0 Å². The molecule has 1 aliphatic rings. The summed E-state index contributed by atoms with van der Waals surface area (Å²) in [6, 6.07) is -1.19. The van der Waals surface area contributed by atoms with E-state index in [4.69, 9.17) is 10.8 Å². The fraction of sp³-hybridized carbons (Fsp3) is 0.615. The van der Waals surface area contributed by atoms with E-state index in [0.29, 0.717) is 19.4 Å². The van der Waals surface area contributed by atoms with Gasteiger partial charge in [0.25, 0.3) is 0 Å². The van der Waals surface area contributed by atoms with Gasteiger partial charge in [-0.2, -0.15) is 0 Å². The number of hydrogen-bond acceptors (Lipinski definition) is 5. The topological polar surface area (TPSA) is 124 Å². The monoisotopic (exact) mass is 295 g/mol. The van der Waals surface area contributed by atoms with Crippen molar-refractivity contribution < 1.29 is 14.7 Å². The van der Waals surface area contributed by atoms with Gasteiger partial charge in [0.05, 0.1) is 19.0 Å². The van der Waals surface area contributed by atoms with Crippen molar-refractivity contribution in [3.63, 3.8) is 0 Å². The van der Waals surface area contributed by atoms with Gasteiger partial charge in [-0.05, 0) is 12.8 Å². The van der Waals surface area contributed by atoms with Crippen LogP contribution in [0, 0.1) is 0 Å². The highest BCUT2D eigenvalue weighted by Crippen LogP contribution is 2.18. The Kier molecular flexibility index (Phi) is 5.29. The first-order chi connectivity index (χ1) is 10.1. The fourth-order valence-corrected chi connectivity index (χ4v) is 2.53. The van der Waals surface area contributed by atoms with Crippen LogP contribution in [0.3, 0.4) is 0 Å². The molecule has 0 saturated carbocycles. The lowest BCUT2D eigenvalue weighted by molar-refractivity contribution is -0.139. The van der Waals surface area contributed by atoms with E-state index in [9.17, 15) is 9.59 Å². The van der Waals surface area contributed by atoms with Crippen LogP contribution < -0.4 is 11.1 Å². The molecule has 2 rings (SSSR count). The van der Waals surface area contributed by atoms with Crippen molar-refractivity contribution in [2.45, 2.75) is 31.3 Å². The highest BCUT2D eigenvalue weighted by Gasteiger charge is 2.35. The average molecular weight is 295 g/mol. The van der Waals surface area contributed by atoms with E-state index in [-0.39, 0.29) is 25.0 Å². The Morgan fingerprint density at radius 2 is 2.43 bits per heavy atom. The Hall–Kier alpha value is -1.93. The molecule has 0 spiro atoms. The molecule has 5 N–H and O–H groups in total. The van der Waals surface area contributed by atoms with Gasteiger partial charge in [0.2, 0.25) is 11.8 Å². The molecular formula is C13H21N5O3. The van der Waals surface area contributed by atoms with Crippen LogP contribution in [0.25, 0.3) is 0 Å². The van der Waals surface area contributed by atoms with Crippen LogP contribution in [0.15, 0.2) is 12.5 Å². The van der Waals surface area contributed by atoms with E-state index in [1.807, 2.05) is 0 Å². The zero-order chi connectivity index (χ0) is 15.2. The molecule has 0 aliphatic carbocycles. The van der Waals surface area contributed by atoms with Crippen molar-refractivity contribution in [3.8, 4) is 0 Å². The molecule has 8 nitrogen and oxygen atoms in total. The van der Waals surface area contributed by atoms with E-state index in [1.165, 1.54) is 11.2 Å². The Balaban J connectivity index is 1.95. The van der Waals surface area contributed by atoms with Crippen LogP contribution in [0.1, 0.15) is 18.5 Å². The number of amides is 2. The van der Waals surface area contributed by atoms with Gasteiger partial charge in [0, 0.05) is 31.4 Å². The van der Waals surface area contributed by atoms with Crippen LogP contribution in [-0.4, -0.2) is 63.6 Å². The van der Waals surface area contributed by atoms with Gasteiger partial charge in [-0.15, -0.1) is 0 Å². The standard InChI is InChI=1S/C13H21N5O3/c14-10(6-9-7-15-8-17-9)13(21)18-4-1-2-11(18)12(20)16-3-5-19/h7-8,10-11,19H,1-6,14H2,(H,15,17)(H,16,20)/t10-,11-/m0/s1. The summed E-state index contributed by atoms with van der Waals surface area (Å²) in [7, 11) is 0. The minimum absolute atomic E-state index is 0.119. The van der Waals surface area contributed by atoms with Gasteiger partial charge >= 0.3 is 0 Å². The maximum absolute atomic E-state index is 12.4. The normalized spacial score (nSPS) is 19.5. The maximum atomic E-state index is 12.4. The Morgan fingerprint density at radius 3 is 3.10 bits per heavy atom. The highest BCUT2D eigenvalue weighted by atomic mass is 16.3. The minimum atomic E-state index is -0.698. The van der Waals surface area contributed by atoms with Crippen LogP contribution in [0.4, 0.5) is 0 Å². The number of H-pyrrole nitrogens is 1. The summed E-state index contributed by atoms with van der Waals surface area (Å²) in [6.07, 6.45) is 4.93. The molecular weight excluding hydrogens is 274 g/mol. The zero-order valence-corrected chi connectivity index (χ0v) is 11.8. The van der Waals surface area contributed by atoms with Crippen molar-refractivity contribution in [1.82, 2.24) is 20.2 Å². The average Bonchev–Trinajstić information content (AvgIpc) is 3.14. The van der Waals surface area contributed by atoms with Crippen LogP contribution in [0.2, 0.25) is 0 Å². The largest absolute Gasteiger partial charge is 0.395 e. The molecule has 116 valence electrons. The maximum Gasteiger partial charge on any atom is 0.242 e. The molecule has 2 heterocycles. The molecule has 1 aliphatic heterocycles. The van der Waals surface area contributed by atoms with Gasteiger partial charge in [0.1, 0.15) is 6.04 Å². The number of imidazole rings is 1. The molecule has 1 fully saturated rings. The number of rotatable bonds is 6. The lowest BCUT2D eigenvalue weighted by Gasteiger charge is -2.26. The second-order valence-electron chi connectivity index (χ2n) is 5.09. The number of aromatic amines is 1. The molecule has 0 unspecified atom stereocenters. The molecule has 2 amide bonds. The molecule has 0 radical (unpaired) electrons. The summed E-state index contributed by atoms with van der Waals surface area (Å²) in [5.74, 6) is -0.463. The summed E-state index contributed by atoms with van der Waals surface area (Å²) < 4.78 is 0. The van der Waals surface area contributed by atoms with Crippen LogP contribution in [0.5, 0.6) is 0 Å². The summed E-state index contributed by atoms with van der Waals surface area (Å²) in [4.78, 5) is 32.7. The number of aliphatic hydroxyl groups excluding tert-OH is 1. The third kappa shape index (κ3) is 3.79. The van der Waals surface area contributed by atoms with Gasteiger partial charge in [-0.3, -0.25) is 9.59 Å². The predicted octanol–water partition coefficient (Wildman–Crippen LogP) is -1.62. The first kappa shape index (κ1) is 15.5. The molecule has 21 heavy (non-hydrogen) atoms. The third-order valence-electron chi connectivity index (χ3n) is 3.56. The number of likely N-dealkylation sites (tertiary alicyclic amines) is 1. The van der Waals surface area contributed by atoms with Gasteiger partial charge in [-0.25, -0.2) is 4.98 Å². The molecule has 8 heteroatoms. The van der Waals surface area contributed by atoms with Crippen LogP contribution in [-0.2, 0) is 16.0 Å². The molecule has 1 aromatic heterocycles. The first-order valence-electron chi connectivity index (χ1n) is 7.05. The van der Waals surface area contributed by atoms with E-state index >= 15 is 0 Å². The summed E-state index contributed by atoms with van der Waals surface area (Å²) in [5.41, 5.74) is 6.73. The number of nitrogens with zero attached hydrogens (tertiary/aromatic N) is 2. The fourth-order valence-electron chi connectivity index (χ4n) is 2.53. The zero-order valence-electron chi connectivity index (χ0n) is 11.8. The van der Waals surface area contributed by atoms with Gasteiger partial charge < -0.3 is 26.0 Å². The van der Waals surface area contributed by atoms with Crippen molar-refractivity contribution in [1.29, 1.82) is 0 Å². The summed E-state index contributed by atoms with van der Waals surface area (Å²) in [6.45, 7) is 0.607. The molecule has 0 bridgehead atoms. The molecule has 1 saturated heterocycles. The second kappa shape index (κ2) is 7.19.